The lowest BCUT2D eigenvalue weighted by molar-refractivity contribution is -0.149. The fraction of sp³-hybridized carbons (Fsp3) is 0.833. The Bertz CT molecular complexity index is 274. The number of hydrogen-bond donors (Lipinski definition) is 0. The number of likely N-dealkylation sites (N-methyl/N-ethyl adjacent to an activating group) is 1. The molecular formula is C12H21NO4. The van der Waals surface area contributed by atoms with Crippen molar-refractivity contribution in [3.8, 4) is 0 Å². The van der Waals surface area contributed by atoms with E-state index in [9.17, 15) is 9.59 Å². The summed E-state index contributed by atoms with van der Waals surface area (Å²) in [6.07, 6.45) is 2.48. The molecule has 1 saturated heterocycles. The molecule has 0 aromatic carbocycles. The lowest BCUT2D eigenvalue weighted by atomic mass is 10.1. The largest absolute Gasteiger partial charge is 0.469 e. The normalized spacial score (nSPS) is 21.7. The van der Waals surface area contributed by atoms with Crippen molar-refractivity contribution in [2.45, 2.75) is 32.3 Å². The monoisotopic (exact) mass is 243 g/mol. The number of carbonyl (C=O) groups excluding carboxylic acids is 2. The van der Waals surface area contributed by atoms with Crippen LogP contribution in [0, 0.1) is 5.92 Å². The minimum Gasteiger partial charge on any atom is -0.469 e. The van der Waals surface area contributed by atoms with E-state index >= 15 is 0 Å². The van der Waals surface area contributed by atoms with Gasteiger partial charge in [-0.1, -0.05) is 6.92 Å². The lowest BCUT2D eigenvalue weighted by Gasteiger charge is -2.27. The summed E-state index contributed by atoms with van der Waals surface area (Å²) in [5.74, 6) is -0.646. The molecule has 0 spiro atoms. The quantitative estimate of drug-likeness (QED) is 0.686. The molecule has 2 atom stereocenters. The zero-order valence-corrected chi connectivity index (χ0v) is 10.8. The van der Waals surface area contributed by atoms with E-state index in [0.29, 0.717) is 13.2 Å². The van der Waals surface area contributed by atoms with Crippen LogP contribution >= 0.6 is 0 Å². The first-order chi connectivity index (χ1) is 8.06. The maximum Gasteiger partial charge on any atom is 0.310 e. The average Bonchev–Trinajstić information content (AvgIpc) is 2.37. The van der Waals surface area contributed by atoms with E-state index in [2.05, 4.69) is 4.74 Å². The molecule has 1 aliphatic heterocycles. The van der Waals surface area contributed by atoms with Gasteiger partial charge in [-0.3, -0.25) is 9.59 Å². The van der Waals surface area contributed by atoms with Crippen LogP contribution in [0.2, 0.25) is 0 Å². The highest BCUT2D eigenvalue weighted by molar-refractivity contribution is 5.81. The summed E-state index contributed by atoms with van der Waals surface area (Å²) in [5.41, 5.74) is 0. The molecule has 5 nitrogen and oxygen atoms in total. The Morgan fingerprint density at radius 3 is 2.71 bits per heavy atom. The van der Waals surface area contributed by atoms with Crippen LogP contribution in [0.1, 0.15) is 26.2 Å². The van der Waals surface area contributed by atoms with Crippen LogP contribution in [-0.2, 0) is 19.1 Å². The third-order valence-corrected chi connectivity index (χ3v) is 2.98. The molecule has 1 aliphatic rings. The third kappa shape index (κ3) is 4.00. The Labute approximate surface area is 102 Å². The average molecular weight is 243 g/mol. The Balaban J connectivity index is 2.43. The minimum absolute atomic E-state index is 0.0412. The fourth-order valence-electron chi connectivity index (χ4n) is 1.96. The Morgan fingerprint density at radius 1 is 1.47 bits per heavy atom. The first kappa shape index (κ1) is 14.0. The van der Waals surface area contributed by atoms with Crippen molar-refractivity contribution in [3.63, 3.8) is 0 Å². The molecule has 0 aliphatic carbocycles. The molecule has 1 fully saturated rings. The molecule has 0 aromatic rings. The molecule has 1 heterocycles. The van der Waals surface area contributed by atoms with Crippen molar-refractivity contribution in [3.05, 3.63) is 0 Å². The molecule has 1 rings (SSSR count). The first-order valence-electron chi connectivity index (χ1n) is 6.00. The lowest BCUT2D eigenvalue weighted by Crippen LogP contribution is -2.42. The number of methoxy groups -OCH3 is 1. The van der Waals surface area contributed by atoms with Crippen LogP contribution in [0.5, 0.6) is 0 Å². The molecule has 17 heavy (non-hydrogen) atoms. The molecule has 2 unspecified atom stereocenters. The van der Waals surface area contributed by atoms with Crippen molar-refractivity contribution in [1.29, 1.82) is 0 Å². The van der Waals surface area contributed by atoms with Gasteiger partial charge in [0.25, 0.3) is 5.91 Å². The summed E-state index contributed by atoms with van der Waals surface area (Å²) < 4.78 is 10.1. The van der Waals surface area contributed by atoms with Crippen molar-refractivity contribution < 1.29 is 19.1 Å². The number of hydrogen-bond acceptors (Lipinski definition) is 4. The molecule has 5 heteroatoms. The standard InChI is InChI=1S/C12H21NO4/c1-9(12(15)16-3)8-13(2)11(14)10-6-4-5-7-17-10/h9-10H,4-8H2,1-3H3. The number of ether oxygens (including phenoxy) is 2. The predicted octanol–water partition coefficient (Wildman–Crippen LogP) is 0.823. The number of amides is 1. The number of rotatable bonds is 4. The molecule has 0 aromatic heterocycles. The Morgan fingerprint density at radius 2 is 2.18 bits per heavy atom. The van der Waals surface area contributed by atoms with Crippen LogP contribution < -0.4 is 0 Å². The van der Waals surface area contributed by atoms with Gasteiger partial charge in [-0.2, -0.15) is 0 Å². The number of carbonyl (C=O) groups is 2. The summed E-state index contributed by atoms with van der Waals surface area (Å²) >= 11 is 0. The van der Waals surface area contributed by atoms with E-state index in [1.807, 2.05) is 0 Å². The van der Waals surface area contributed by atoms with Gasteiger partial charge in [-0.05, 0) is 19.3 Å². The van der Waals surface area contributed by atoms with Crippen molar-refractivity contribution in [2.75, 3.05) is 27.3 Å². The highest BCUT2D eigenvalue weighted by Crippen LogP contribution is 2.15. The van der Waals surface area contributed by atoms with Gasteiger partial charge >= 0.3 is 5.97 Å². The van der Waals surface area contributed by atoms with Gasteiger partial charge in [-0.15, -0.1) is 0 Å². The summed E-state index contributed by atoms with van der Waals surface area (Å²) in [7, 11) is 3.05. The van der Waals surface area contributed by atoms with Crippen LogP contribution in [0.4, 0.5) is 0 Å². The molecule has 1 amide bonds. The molecule has 0 radical (unpaired) electrons. The van der Waals surface area contributed by atoms with E-state index in [1.54, 1.807) is 18.9 Å². The highest BCUT2D eigenvalue weighted by Gasteiger charge is 2.27. The number of esters is 1. The van der Waals surface area contributed by atoms with Crippen molar-refractivity contribution in [1.82, 2.24) is 4.90 Å². The van der Waals surface area contributed by atoms with Crippen molar-refractivity contribution in [2.24, 2.45) is 5.92 Å². The van der Waals surface area contributed by atoms with E-state index in [1.165, 1.54) is 7.11 Å². The van der Waals surface area contributed by atoms with Gasteiger partial charge in [0.1, 0.15) is 6.10 Å². The van der Waals surface area contributed by atoms with Gasteiger partial charge in [0.2, 0.25) is 0 Å². The Hall–Kier alpha value is -1.10. The highest BCUT2D eigenvalue weighted by atomic mass is 16.5. The zero-order valence-electron chi connectivity index (χ0n) is 10.8. The predicted molar refractivity (Wildman–Crippen MR) is 62.4 cm³/mol. The maximum absolute atomic E-state index is 12.0. The molecule has 0 N–H and O–H groups in total. The van der Waals surface area contributed by atoms with Gasteiger partial charge in [0.05, 0.1) is 13.0 Å². The van der Waals surface area contributed by atoms with Gasteiger partial charge < -0.3 is 14.4 Å². The maximum atomic E-state index is 12.0. The molecule has 0 bridgehead atoms. The summed E-state index contributed by atoms with van der Waals surface area (Å²) in [5, 5.41) is 0. The van der Waals surface area contributed by atoms with E-state index < -0.39 is 0 Å². The SMILES string of the molecule is COC(=O)C(C)CN(C)C(=O)C1CCCCO1. The smallest absolute Gasteiger partial charge is 0.310 e. The van der Waals surface area contributed by atoms with Crippen LogP contribution in [-0.4, -0.2) is 50.2 Å². The fourth-order valence-corrected chi connectivity index (χ4v) is 1.96. The zero-order chi connectivity index (χ0) is 12.8. The van der Waals surface area contributed by atoms with Crippen LogP contribution in [0.25, 0.3) is 0 Å². The van der Waals surface area contributed by atoms with Gasteiger partial charge in [0.15, 0.2) is 0 Å². The summed E-state index contributed by atoms with van der Waals surface area (Å²) in [4.78, 5) is 24.8. The second-order valence-corrected chi connectivity index (χ2v) is 4.50. The topological polar surface area (TPSA) is 55.8 Å². The molecular weight excluding hydrogens is 222 g/mol. The van der Waals surface area contributed by atoms with Crippen LogP contribution in [0.15, 0.2) is 0 Å². The van der Waals surface area contributed by atoms with E-state index in [-0.39, 0.29) is 23.9 Å². The summed E-state index contributed by atoms with van der Waals surface area (Å²) in [6.45, 7) is 2.76. The minimum atomic E-state index is -0.335. The van der Waals surface area contributed by atoms with Gasteiger partial charge in [0, 0.05) is 20.2 Å². The molecule has 98 valence electrons. The van der Waals surface area contributed by atoms with E-state index in [0.717, 1.165) is 19.3 Å². The first-order valence-corrected chi connectivity index (χ1v) is 6.00. The van der Waals surface area contributed by atoms with E-state index in [4.69, 9.17) is 4.74 Å². The van der Waals surface area contributed by atoms with Crippen molar-refractivity contribution >= 4 is 11.9 Å². The Kier molecular flexibility index (Phi) is 5.41. The van der Waals surface area contributed by atoms with Crippen LogP contribution in [0.3, 0.4) is 0 Å². The third-order valence-electron chi connectivity index (χ3n) is 2.98. The second kappa shape index (κ2) is 6.59. The number of nitrogens with zero attached hydrogens (tertiary/aromatic N) is 1. The summed E-state index contributed by atoms with van der Waals surface area (Å²) in [6, 6.07) is 0. The molecule has 0 saturated carbocycles. The van der Waals surface area contributed by atoms with Gasteiger partial charge in [-0.25, -0.2) is 0 Å². The second-order valence-electron chi connectivity index (χ2n) is 4.50.